The third kappa shape index (κ3) is 2.88. The van der Waals surface area contributed by atoms with Crippen LogP contribution in [-0.4, -0.2) is 32.1 Å². The summed E-state index contributed by atoms with van der Waals surface area (Å²) < 4.78 is 4.66. The van der Waals surface area contributed by atoms with Crippen molar-refractivity contribution in [3.05, 3.63) is 22.8 Å². The molecule has 2 heterocycles. The highest BCUT2D eigenvalue weighted by Crippen LogP contribution is 2.16. The first-order chi connectivity index (χ1) is 8.54. The van der Waals surface area contributed by atoms with Gasteiger partial charge in [-0.25, -0.2) is 4.98 Å². The number of hydrogen-bond acceptors (Lipinski definition) is 7. The molecular weight excluding hydrogens is 260 g/mol. The van der Waals surface area contributed by atoms with Crippen LogP contribution in [0.2, 0.25) is 0 Å². The minimum Gasteiger partial charge on any atom is -0.481 e. The number of nitrogens with zero attached hydrogens (tertiary/aromatic N) is 3. The Morgan fingerprint density at radius 3 is 2.89 bits per heavy atom. The van der Waals surface area contributed by atoms with Gasteiger partial charge in [-0.3, -0.25) is 14.9 Å². The lowest BCUT2D eigenvalue weighted by atomic mass is 10.3. The zero-order valence-electron chi connectivity index (χ0n) is 9.21. The lowest BCUT2D eigenvalue weighted by Crippen LogP contribution is -2.13. The summed E-state index contributed by atoms with van der Waals surface area (Å²) in [5.74, 6) is -1.34. The van der Waals surface area contributed by atoms with Crippen LogP contribution in [-0.2, 0) is 11.2 Å². The number of nitrogens with one attached hydrogen (secondary N) is 1. The molecule has 0 saturated heterocycles. The van der Waals surface area contributed by atoms with Gasteiger partial charge in [-0.1, -0.05) is 5.16 Å². The Morgan fingerprint density at radius 1 is 1.50 bits per heavy atom. The standard InChI is InChI=1S/C9H8N4O4S/c1-4-10-7(13-17-4)8(16)12-9-11-5(3-18-9)2-6(14)15/h3H,2H2,1H3,(H,14,15)(H,11,12,16). The highest BCUT2D eigenvalue weighted by atomic mass is 32.1. The average Bonchev–Trinajstić information content (AvgIpc) is 2.87. The van der Waals surface area contributed by atoms with E-state index in [2.05, 4.69) is 25.0 Å². The van der Waals surface area contributed by atoms with Gasteiger partial charge < -0.3 is 9.63 Å². The van der Waals surface area contributed by atoms with Gasteiger partial charge in [0.2, 0.25) is 5.89 Å². The Bertz CT molecular complexity index is 591. The van der Waals surface area contributed by atoms with Crippen LogP contribution in [0.25, 0.3) is 0 Å². The Hall–Kier alpha value is -2.29. The summed E-state index contributed by atoms with van der Waals surface area (Å²) in [5.41, 5.74) is 0.382. The first-order valence-electron chi connectivity index (χ1n) is 4.82. The van der Waals surface area contributed by atoms with Crippen LogP contribution >= 0.6 is 11.3 Å². The normalized spacial score (nSPS) is 10.3. The van der Waals surface area contributed by atoms with E-state index in [1.165, 1.54) is 0 Å². The quantitative estimate of drug-likeness (QED) is 0.838. The summed E-state index contributed by atoms with van der Waals surface area (Å²) in [5, 5.41) is 16.3. The van der Waals surface area contributed by atoms with E-state index in [1.54, 1.807) is 12.3 Å². The second-order valence-corrected chi connectivity index (χ2v) is 4.16. The van der Waals surface area contributed by atoms with Gasteiger partial charge in [0.15, 0.2) is 5.13 Å². The van der Waals surface area contributed by atoms with Crippen LogP contribution < -0.4 is 5.32 Å². The molecule has 9 heteroatoms. The highest BCUT2D eigenvalue weighted by Gasteiger charge is 2.15. The van der Waals surface area contributed by atoms with Crippen molar-refractivity contribution >= 4 is 28.3 Å². The van der Waals surface area contributed by atoms with Gasteiger partial charge in [0.1, 0.15) is 0 Å². The van der Waals surface area contributed by atoms with Gasteiger partial charge in [0.25, 0.3) is 11.7 Å². The van der Waals surface area contributed by atoms with Gasteiger partial charge in [-0.2, -0.15) is 4.98 Å². The highest BCUT2D eigenvalue weighted by molar-refractivity contribution is 7.14. The van der Waals surface area contributed by atoms with Crippen molar-refractivity contribution in [3.63, 3.8) is 0 Å². The Labute approximate surface area is 105 Å². The molecule has 0 bridgehead atoms. The van der Waals surface area contributed by atoms with Crippen LogP contribution in [0.4, 0.5) is 5.13 Å². The fraction of sp³-hybridized carbons (Fsp3) is 0.222. The molecule has 0 aliphatic heterocycles. The predicted octanol–water partition coefficient (Wildman–Crippen LogP) is 0.714. The number of rotatable bonds is 4. The number of carbonyl (C=O) groups is 2. The Kier molecular flexibility index (Phi) is 3.33. The number of carboxylic acids is 1. The Morgan fingerprint density at radius 2 is 2.28 bits per heavy atom. The first kappa shape index (κ1) is 12.2. The van der Waals surface area contributed by atoms with E-state index in [0.29, 0.717) is 10.8 Å². The first-order valence-corrected chi connectivity index (χ1v) is 5.70. The van der Waals surface area contributed by atoms with Gasteiger partial charge in [0.05, 0.1) is 12.1 Å². The van der Waals surface area contributed by atoms with Gasteiger partial charge in [0, 0.05) is 12.3 Å². The van der Waals surface area contributed by atoms with Crippen molar-refractivity contribution in [2.75, 3.05) is 5.32 Å². The maximum atomic E-state index is 11.6. The molecule has 1 amide bonds. The molecule has 0 saturated carbocycles. The molecule has 0 fully saturated rings. The third-order valence-corrected chi connectivity index (χ3v) is 2.64. The molecule has 0 spiro atoms. The number of hydrogen-bond donors (Lipinski definition) is 2. The number of aryl methyl sites for hydroxylation is 1. The number of carbonyl (C=O) groups excluding carboxylic acids is 1. The molecular formula is C9H8N4O4S. The van der Waals surface area contributed by atoms with Crippen molar-refractivity contribution in [1.82, 2.24) is 15.1 Å². The number of aliphatic carboxylic acids is 1. The fourth-order valence-electron chi connectivity index (χ4n) is 1.15. The van der Waals surface area contributed by atoms with E-state index in [9.17, 15) is 9.59 Å². The van der Waals surface area contributed by atoms with E-state index in [0.717, 1.165) is 11.3 Å². The summed E-state index contributed by atoms with van der Waals surface area (Å²) in [6, 6.07) is 0. The molecule has 18 heavy (non-hydrogen) atoms. The molecule has 0 radical (unpaired) electrons. The largest absolute Gasteiger partial charge is 0.481 e. The maximum absolute atomic E-state index is 11.6. The molecule has 94 valence electrons. The van der Waals surface area contributed by atoms with Crippen molar-refractivity contribution in [2.24, 2.45) is 0 Å². The summed E-state index contributed by atoms with van der Waals surface area (Å²) >= 11 is 1.13. The summed E-state index contributed by atoms with van der Waals surface area (Å²) in [7, 11) is 0. The van der Waals surface area contributed by atoms with Crippen LogP contribution in [0.5, 0.6) is 0 Å². The van der Waals surface area contributed by atoms with E-state index in [-0.39, 0.29) is 18.1 Å². The zero-order valence-corrected chi connectivity index (χ0v) is 10.0. The van der Waals surface area contributed by atoms with Crippen LogP contribution in [0.3, 0.4) is 0 Å². The van der Waals surface area contributed by atoms with E-state index >= 15 is 0 Å². The minimum absolute atomic E-state index is 0.0949. The number of carboxylic acid groups (broad SMARTS) is 1. The summed E-state index contributed by atoms with van der Waals surface area (Å²) in [6.07, 6.45) is -0.187. The molecule has 2 rings (SSSR count). The third-order valence-electron chi connectivity index (χ3n) is 1.84. The number of aromatic nitrogens is 3. The Balaban J connectivity index is 2.03. The average molecular weight is 268 g/mol. The van der Waals surface area contributed by atoms with Crippen molar-refractivity contribution < 1.29 is 19.2 Å². The maximum Gasteiger partial charge on any atom is 0.309 e. The lowest BCUT2D eigenvalue weighted by Gasteiger charge is -1.95. The SMILES string of the molecule is Cc1nc(C(=O)Nc2nc(CC(=O)O)cs2)no1. The topological polar surface area (TPSA) is 118 Å². The molecule has 0 unspecified atom stereocenters. The summed E-state index contributed by atoms with van der Waals surface area (Å²) in [6.45, 7) is 1.57. The van der Waals surface area contributed by atoms with E-state index in [1.807, 2.05) is 0 Å². The lowest BCUT2D eigenvalue weighted by molar-refractivity contribution is -0.136. The molecule has 0 aliphatic carbocycles. The summed E-state index contributed by atoms with van der Waals surface area (Å²) in [4.78, 5) is 29.8. The predicted molar refractivity (Wildman–Crippen MR) is 60.4 cm³/mol. The number of amides is 1. The zero-order chi connectivity index (χ0) is 13.1. The fourth-order valence-corrected chi connectivity index (χ4v) is 1.85. The molecule has 0 aliphatic rings. The van der Waals surface area contributed by atoms with Gasteiger partial charge >= 0.3 is 5.97 Å². The van der Waals surface area contributed by atoms with Crippen molar-refractivity contribution in [2.45, 2.75) is 13.3 Å². The van der Waals surface area contributed by atoms with Crippen LogP contribution in [0, 0.1) is 6.92 Å². The molecule has 0 aromatic carbocycles. The second kappa shape index (κ2) is 4.92. The molecule has 2 N–H and O–H groups in total. The van der Waals surface area contributed by atoms with Crippen molar-refractivity contribution in [3.8, 4) is 0 Å². The minimum atomic E-state index is -0.980. The van der Waals surface area contributed by atoms with Crippen LogP contribution in [0.1, 0.15) is 22.2 Å². The molecule has 8 nitrogen and oxygen atoms in total. The molecule has 0 atom stereocenters. The second-order valence-electron chi connectivity index (χ2n) is 3.31. The number of anilines is 1. The number of thiazole rings is 1. The van der Waals surface area contributed by atoms with Gasteiger partial charge in [-0.15, -0.1) is 11.3 Å². The van der Waals surface area contributed by atoms with Crippen LogP contribution in [0.15, 0.2) is 9.90 Å². The van der Waals surface area contributed by atoms with Gasteiger partial charge in [-0.05, 0) is 0 Å². The van der Waals surface area contributed by atoms with E-state index in [4.69, 9.17) is 5.11 Å². The van der Waals surface area contributed by atoms with E-state index < -0.39 is 11.9 Å². The molecule has 2 aromatic heterocycles. The monoisotopic (exact) mass is 268 g/mol. The van der Waals surface area contributed by atoms with Crippen molar-refractivity contribution in [1.29, 1.82) is 0 Å². The smallest absolute Gasteiger partial charge is 0.309 e. The molecule has 2 aromatic rings.